The topological polar surface area (TPSA) is 79.0 Å². The largest absolute Gasteiger partial charge is 0.444 e. The normalized spacial score (nSPS) is 17.1. The quantitative estimate of drug-likeness (QED) is 0.590. The summed E-state index contributed by atoms with van der Waals surface area (Å²) in [5, 5.41) is 10.3. The van der Waals surface area contributed by atoms with Gasteiger partial charge < -0.3 is 24.1 Å². The van der Waals surface area contributed by atoms with Gasteiger partial charge in [0.05, 0.1) is 6.61 Å². The van der Waals surface area contributed by atoms with Crippen molar-refractivity contribution >= 4 is 34.8 Å². The molecule has 32 heavy (non-hydrogen) atoms. The van der Waals surface area contributed by atoms with Crippen LogP contribution in [-0.2, 0) is 11.3 Å². The maximum Gasteiger partial charge on any atom is 0.410 e. The number of benzene rings is 2. The van der Waals surface area contributed by atoms with Gasteiger partial charge in [0.1, 0.15) is 11.1 Å². The molecule has 1 atom stereocenters. The average Bonchev–Trinajstić information content (AvgIpc) is 3.15. The third-order valence-corrected chi connectivity index (χ3v) is 5.66. The van der Waals surface area contributed by atoms with Crippen LogP contribution < -0.4 is 4.90 Å². The van der Waals surface area contributed by atoms with E-state index in [0.717, 1.165) is 16.7 Å². The Balaban J connectivity index is 1.63. The number of fused-ring (bicyclic) bond motifs is 1. The molecule has 2 aromatic carbocycles. The molecule has 1 fully saturated rings. The standard InChI is InChI=1S/C24H28ClN3O4/c1-15-13-27(23(30)32-24(2,3)4)9-10-28(15)22-26-20-12-17(25)11-19(21(20)31-22)18-8-6-5-7-16(18)14-29/h5-8,11-12,15,29H,9-10,13-14H2,1-4H3. The number of carbonyl (C=O) groups excluding carboxylic acids is 1. The Morgan fingerprint density at radius 1 is 1.25 bits per heavy atom. The number of nitrogens with zero attached hydrogens (tertiary/aromatic N) is 3. The number of carbonyl (C=O) groups is 1. The molecule has 1 unspecified atom stereocenters. The molecular weight excluding hydrogens is 430 g/mol. The number of hydrogen-bond acceptors (Lipinski definition) is 6. The van der Waals surface area contributed by atoms with Gasteiger partial charge in [-0.2, -0.15) is 4.98 Å². The number of rotatable bonds is 3. The van der Waals surface area contributed by atoms with Crippen LogP contribution in [0.5, 0.6) is 0 Å². The number of piperazine rings is 1. The summed E-state index contributed by atoms with van der Waals surface area (Å²) in [6, 6.07) is 11.7. The number of halogens is 1. The van der Waals surface area contributed by atoms with E-state index >= 15 is 0 Å². The zero-order valence-corrected chi connectivity index (χ0v) is 19.5. The minimum atomic E-state index is -0.529. The molecule has 1 N–H and O–H groups in total. The zero-order chi connectivity index (χ0) is 23.0. The lowest BCUT2D eigenvalue weighted by molar-refractivity contribution is 0.0216. The molecule has 0 bridgehead atoms. The van der Waals surface area contributed by atoms with Crippen LogP contribution in [0.25, 0.3) is 22.2 Å². The van der Waals surface area contributed by atoms with Gasteiger partial charge in [0.15, 0.2) is 5.58 Å². The summed E-state index contributed by atoms with van der Waals surface area (Å²) in [6.07, 6.45) is -0.309. The van der Waals surface area contributed by atoms with Gasteiger partial charge in [-0.1, -0.05) is 35.9 Å². The molecule has 4 rings (SSSR count). The van der Waals surface area contributed by atoms with Crippen molar-refractivity contribution in [1.82, 2.24) is 9.88 Å². The molecule has 7 nitrogen and oxygen atoms in total. The minimum absolute atomic E-state index is 0.00650. The van der Waals surface area contributed by atoms with Crippen molar-refractivity contribution in [3.63, 3.8) is 0 Å². The molecule has 1 aromatic heterocycles. The summed E-state index contributed by atoms with van der Waals surface area (Å²) in [5.41, 5.74) is 3.17. The third kappa shape index (κ3) is 4.54. The summed E-state index contributed by atoms with van der Waals surface area (Å²) < 4.78 is 11.7. The molecule has 1 amide bonds. The van der Waals surface area contributed by atoms with E-state index in [1.54, 1.807) is 11.0 Å². The molecule has 0 spiro atoms. The monoisotopic (exact) mass is 457 g/mol. The van der Waals surface area contributed by atoms with Crippen LogP contribution in [-0.4, -0.2) is 52.4 Å². The smallest absolute Gasteiger partial charge is 0.410 e. The van der Waals surface area contributed by atoms with Gasteiger partial charge in [0.2, 0.25) is 0 Å². The highest BCUT2D eigenvalue weighted by atomic mass is 35.5. The molecule has 0 saturated carbocycles. The van der Waals surface area contributed by atoms with Crippen LogP contribution >= 0.6 is 11.6 Å². The Bertz CT molecular complexity index is 1140. The summed E-state index contributed by atoms with van der Waals surface area (Å²) >= 11 is 6.38. The van der Waals surface area contributed by atoms with Crippen LogP contribution in [0, 0.1) is 0 Å². The van der Waals surface area contributed by atoms with Gasteiger partial charge in [-0.3, -0.25) is 0 Å². The van der Waals surface area contributed by atoms with Crippen LogP contribution in [0.2, 0.25) is 5.02 Å². The Hall–Kier alpha value is -2.77. The zero-order valence-electron chi connectivity index (χ0n) is 18.8. The van der Waals surface area contributed by atoms with E-state index < -0.39 is 5.60 Å². The van der Waals surface area contributed by atoms with Crippen LogP contribution in [0.15, 0.2) is 40.8 Å². The first-order chi connectivity index (χ1) is 15.2. The maximum atomic E-state index is 12.5. The fraction of sp³-hybridized carbons (Fsp3) is 0.417. The van der Waals surface area contributed by atoms with Gasteiger partial charge in [-0.05, 0) is 51.0 Å². The molecule has 0 aliphatic carbocycles. The molecule has 0 radical (unpaired) electrons. The predicted octanol–water partition coefficient (Wildman–Crippen LogP) is 5.09. The van der Waals surface area contributed by atoms with Crippen molar-refractivity contribution in [3.05, 3.63) is 47.0 Å². The number of amides is 1. The molecule has 1 aliphatic heterocycles. The van der Waals surface area contributed by atoms with Crippen molar-refractivity contribution < 1.29 is 19.1 Å². The second-order valence-corrected chi connectivity index (χ2v) is 9.52. The van der Waals surface area contributed by atoms with Gasteiger partial charge in [-0.15, -0.1) is 0 Å². The number of hydrogen-bond donors (Lipinski definition) is 1. The van der Waals surface area contributed by atoms with Gasteiger partial charge in [-0.25, -0.2) is 4.79 Å². The van der Waals surface area contributed by atoms with E-state index in [4.69, 9.17) is 25.7 Å². The van der Waals surface area contributed by atoms with E-state index in [0.29, 0.717) is 41.8 Å². The Labute approximate surface area is 192 Å². The molecule has 1 aliphatic rings. The summed E-state index contributed by atoms with van der Waals surface area (Å²) in [5.74, 6) is 0. The van der Waals surface area contributed by atoms with Gasteiger partial charge >= 0.3 is 6.09 Å². The molecule has 8 heteroatoms. The fourth-order valence-electron chi connectivity index (χ4n) is 3.96. The first-order valence-corrected chi connectivity index (χ1v) is 11.1. The Kier molecular flexibility index (Phi) is 6.05. The first-order valence-electron chi connectivity index (χ1n) is 10.7. The Morgan fingerprint density at radius 2 is 2.00 bits per heavy atom. The number of aliphatic hydroxyl groups is 1. The van der Waals surface area contributed by atoms with Crippen molar-refractivity contribution in [1.29, 1.82) is 0 Å². The van der Waals surface area contributed by atoms with E-state index in [2.05, 4.69) is 4.90 Å². The molecule has 1 saturated heterocycles. The highest BCUT2D eigenvalue weighted by molar-refractivity contribution is 6.31. The Morgan fingerprint density at radius 3 is 2.69 bits per heavy atom. The first kappa shape index (κ1) is 22.4. The number of aliphatic hydroxyl groups excluding tert-OH is 1. The van der Waals surface area contributed by atoms with E-state index in [1.807, 2.05) is 58.0 Å². The van der Waals surface area contributed by atoms with Crippen molar-refractivity contribution in [2.24, 2.45) is 0 Å². The lowest BCUT2D eigenvalue weighted by Crippen LogP contribution is -2.54. The van der Waals surface area contributed by atoms with E-state index in [9.17, 15) is 9.90 Å². The fourth-order valence-corrected chi connectivity index (χ4v) is 4.18. The second-order valence-electron chi connectivity index (χ2n) is 9.08. The summed E-state index contributed by atoms with van der Waals surface area (Å²) in [7, 11) is 0. The van der Waals surface area contributed by atoms with Crippen molar-refractivity contribution in [2.75, 3.05) is 24.5 Å². The average molecular weight is 458 g/mol. The molecule has 3 aromatic rings. The SMILES string of the molecule is CC1CN(C(=O)OC(C)(C)C)CCN1c1nc2cc(Cl)cc(-c3ccccc3CO)c2o1. The van der Waals surface area contributed by atoms with Crippen molar-refractivity contribution in [2.45, 2.75) is 45.9 Å². The van der Waals surface area contributed by atoms with E-state index in [1.165, 1.54) is 0 Å². The maximum absolute atomic E-state index is 12.5. The van der Waals surface area contributed by atoms with Crippen molar-refractivity contribution in [3.8, 4) is 11.1 Å². The third-order valence-electron chi connectivity index (χ3n) is 5.45. The lowest BCUT2D eigenvalue weighted by atomic mass is 9.99. The number of oxazole rings is 1. The predicted molar refractivity (Wildman–Crippen MR) is 125 cm³/mol. The lowest BCUT2D eigenvalue weighted by Gasteiger charge is -2.39. The summed E-state index contributed by atoms with van der Waals surface area (Å²) in [4.78, 5) is 20.9. The number of anilines is 1. The van der Waals surface area contributed by atoms with Gasteiger partial charge in [0, 0.05) is 36.3 Å². The number of ether oxygens (including phenoxy) is 1. The number of aromatic nitrogens is 1. The molecule has 170 valence electrons. The van der Waals surface area contributed by atoms with E-state index in [-0.39, 0.29) is 18.7 Å². The highest BCUT2D eigenvalue weighted by Crippen LogP contribution is 2.37. The molecule has 2 heterocycles. The minimum Gasteiger partial charge on any atom is -0.444 e. The van der Waals surface area contributed by atoms with Crippen LogP contribution in [0.3, 0.4) is 0 Å². The van der Waals surface area contributed by atoms with Gasteiger partial charge in [0.25, 0.3) is 6.01 Å². The summed E-state index contributed by atoms with van der Waals surface area (Å²) in [6.45, 7) is 9.12. The highest BCUT2D eigenvalue weighted by Gasteiger charge is 2.32. The van der Waals surface area contributed by atoms with Crippen LogP contribution in [0.1, 0.15) is 33.3 Å². The molecular formula is C24H28ClN3O4. The second kappa shape index (κ2) is 8.64. The van der Waals surface area contributed by atoms with Crippen LogP contribution in [0.4, 0.5) is 10.8 Å².